The van der Waals surface area contributed by atoms with E-state index >= 15 is 0 Å². The number of halogens is 1. The molecule has 0 unspecified atom stereocenters. The van der Waals surface area contributed by atoms with Crippen LogP contribution in [0, 0.1) is 3.57 Å². The highest BCUT2D eigenvalue weighted by Crippen LogP contribution is 2.17. The van der Waals surface area contributed by atoms with Gasteiger partial charge in [-0.25, -0.2) is 9.59 Å². The molecule has 0 spiro atoms. The van der Waals surface area contributed by atoms with Crippen LogP contribution in [0.2, 0.25) is 0 Å². The van der Waals surface area contributed by atoms with Crippen molar-refractivity contribution >= 4 is 57.2 Å². The first-order valence-corrected chi connectivity index (χ1v) is 7.09. The second kappa shape index (κ2) is 6.72. The SMILES string of the molecule is O=C(O)c1cccs1.O=C(O)c1sccc1I. The summed E-state index contributed by atoms with van der Waals surface area (Å²) < 4.78 is 0.810. The maximum Gasteiger partial charge on any atom is 0.346 e. The zero-order valence-corrected chi connectivity index (χ0v) is 12.1. The lowest BCUT2D eigenvalue weighted by Crippen LogP contribution is -1.92. The number of carboxylic acids is 2. The number of carbonyl (C=O) groups is 2. The predicted octanol–water partition coefficient (Wildman–Crippen LogP) is 3.50. The van der Waals surface area contributed by atoms with E-state index in [1.54, 1.807) is 29.0 Å². The van der Waals surface area contributed by atoms with Crippen molar-refractivity contribution in [2.75, 3.05) is 0 Å². The van der Waals surface area contributed by atoms with E-state index in [1.165, 1.54) is 22.7 Å². The average molecular weight is 382 g/mol. The molecule has 2 aromatic heterocycles. The normalized spacial score (nSPS) is 9.24. The fourth-order valence-corrected chi connectivity index (χ4v) is 3.07. The molecule has 4 nitrogen and oxygen atoms in total. The fourth-order valence-electron chi connectivity index (χ4n) is 0.847. The van der Waals surface area contributed by atoms with Crippen molar-refractivity contribution in [2.45, 2.75) is 0 Å². The van der Waals surface area contributed by atoms with E-state index in [-0.39, 0.29) is 0 Å². The van der Waals surface area contributed by atoms with E-state index in [0.717, 1.165) is 3.57 Å². The molecule has 0 aromatic carbocycles. The van der Waals surface area contributed by atoms with Gasteiger partial charge >= 0.3 is 11.9 Å². The van der Waals surface area contributed by atoms with Crippen LogP contribution >= 0.6 is 45.3 Å². The number of carboxylic acid groups (broad SMARTS) is 2. The molecule has 90 valence electrons. The molecule has 0 saturated heterocycles. The van der Waals surface area contributed by atoms with E-state index in [9.17, 15) is 9.59 Å². The molecule has 0 aliphatic heterocycles. The smallest absolute Gasteiger partial charge is 0.346 e. The average Bonchev–Trinajstić information content (AvgIpc) is 2.87. The largest absolute Gasteiger partial charge is 0.477 e. The van der Waals surface area contributed by atoms with Gasteiger partial charge in [0.25, 0.3) is 0 Å². The maximum atomic E-state index is 10.3. The molecule has 0 aliphatic carbocycles. The third kappa shape index (κ3) is 4.44. The van der Waals surface area contributed by atoms with Gasteiger partial charge in [0.2, 0.25) is 0 Å². The third-order valence-corrected chi connectivity index (χ3v) is 4.57. The summed E-state index contributed by atoms with van der Waals surface area (Å²) in [5.74, 6) is -1.69. The van der Waals surface area contributed by atoms with Gasteiger partial charge in [0.1, 0.15) is 9.75 Å². The highest BCUT2D eigenvalue weighted by atomic mass is 127. The summed E-state index contributed by atoms with van der Waals surface area (Å²) in [6.45, 7) is 0. The van der Waals surface area contributed by atoms with Crippen LogP contribution in [-0.4, -0.2) is 22.2 Å². The lowest BCUT2D eigenvalue weighted by molar-refractivity contribution is 0.0690. The second-order valence-corrected chi connectivity index (χ2v) is 5.71. The number of thiophene rings is 2. The van der Waals surface area contributed by atoms with E-state index in [2.05, 4.69) is 0 Å². The molecule has 0 fully saturated rings. The van der Waals surface area contributed by atoms with Gasteiger partial charge in [-0.05, 0) is 45.5 Å². The molecule has 2 heterocycles. The lowest BCUT2D eigenvalue weighted by atomic mass is 10.5. The molecule has 2 N–H and O–H groups in total. The van der Waals surface area contributed by atoms with Crippen LogP contribution in [-0.2, 0) is 0 Å². The molecule has 0 bridgehead atoms. The van der Waals surface area contributed by atoms with Crippen LogP contribution in [0.5, 0.6) is 0 Å². The molecule has 2 rings (SSSR count). The van der Waals surface area contributed by atoms with Crippen LogP contribution < -0.4 is 0 Å². The van der Waals surface area contributed by atoms with Crippen molar-refractivity contribution in [3.63, 3.8) is 0 Å². The first-order valence-electron chi connectivity index (χ1n) is 4.25. The van der Waals surface area contributed by atoms with Crippen molar-refractivity contribution < 1.29 is 19.8 Å². The first-order chi connectivity index (χ1) is 8.02. The molecule has 0 amide bonds. The zero-order chi connectivity index (χ0) is 12.8. The zero-order valence-electron chi connectivity index (χ0n) is 8.29. The summed E-state index contributed by atoms with van der Waals surface area (Å²) in [5.41, 5.74) is 0. The van der Waals surface area contributed by atoms with Gasteiger partial charge in [0, 0.05) is 3.57 Å². The minimum atomic E-state index is -0.847. The Morgan fingerprint density at radius 1 is 1.06 bits per heavy atom. The number of hydrogen-bond acceptors (Lipinski definition) is 4. The molecule has 0 atom stereocenters. The Labute approximate surface area is 119 Å². The molecule has 17 heavy (non-hydrogen) atoms. The van der Waals surface area contributed by atoms with Crippen molar-refractivity contribution in [1.29, 1.82) is 0 Å². The van der Waals surface area contributed by atoms with Gasteiger partial charge in [-0.3, -0.25) is 0 Å². The van der Waals surface area contributed by atoms with E-state index in [4.69, 9.17) is 10.2 Å². The third-order valence-electron chi connectivity index (χ3n) is 1.54. The van der Waals surface area contributed by atoms with Crippen LogP contribution in [0.15, 0.2) is 29.0 Å². The Hall–Kier alpha value is -0.930. The summed E-state index contributed by atoms with van der Waals surface area (Å²) in [6.07, 6.45) is 0. The Kier molecular flexibility index (Phi) is 5.59. The van der Waals surface area contributed by atoms with Crippen molar-refractivity contribution in [3.8, 4) is 0 Å². The van der Waals surface area contributed by atoms with Crippen LogP contribution in [0.25, 0.3) is 0 Å². The lowest BCUT2D eigenvalue weighted by Gasteiger charge is -1.84. The van der Waals surface area contributed by atoms with Gasteiger partial charge in [-0.1, -0.05) is 6.07 Å². The van der Waals surface area contributed by atoms with Crippen LogP contribution in [0.1, 0.15) is 19.3 Å². The Morgan fingerprint density at radius 3 is 2.00 bits per heavy atom. The fraction of sp³-hybridized carbons (Fsp3) is 0. The monoisotopic (exact) mass is 382 g/mol. The summed E-state index contributed by atoms with van der Waals surface area (Å²) in [5, 5.41) is 20.3. The molecule has 2 aromatic rings. The summed E-state index contributed by atoms with van der Waals surface area (Å²) in [4.78, 5) is 21.2. The Morgan fingerprint density at radius 2 is 1.76 bits per heavy atom. The Bertz CT molecular complexity index is 504. The highest BCUT2D eigenvalue weighted by Gasteiger charge is 2.07. The van der Waals surface area contributed by atoms with Gasteiger partial charge in [-0.15, -0.1) is 22.7 Å². The standard InChI is InChI=1S/C5H3IO2S.C5H4O2S/c6-3-1-2-9-4(3)5(7)8;6-5(7)4-2-1-3-8-4/h1-2H,(H,7,8);1-3H,(H,6,7). The quantitative estimate of drug-likeness (QED) is 0.780. The summed E-state index contributed by atoms with van der Waals surface area (Å²) >= 11 is 4.48. The molecule has 0 saturated carbocycles. The van der Waals surface area contributed by atoms with E-state index in [0.29, 0.717) is 9.75 Å². The van der Waals surface area contributed by atoms with Gasteiger partial charge in [0.15, 0.2) is 0 Å². The molecular formula is C10H7IO4S2. The minimum Gasteiger partial charge on any atom is -0.477 e. The summed E-state index contributed by atoms with van der Waals surface area (Å²) in [6, 6.07) is 5.08. The summed E-state index contributed by atoms with van der Waals surface area (Å²) in [7, 11) is 0. The molecule has 0 aliphatic rings. The molecule has 0 radical (unpaired) electrons. The van der Waals surface area contributed by atoms with Gasteiger partial charge in [-0.2, -0.15) is 0 Å². The maximum absolute atomic E-state index is 10.3. The van der Waals surface area contributed by atoms with Gasteiger partial charge in [0.05, 0.1) is 0 Å². The van der Waals surface area contributed by atoms with E-state index < -0.39 is 11.9 Å². The van der Waals surface area contributed by atoms with E-state index in [1.807, 2.05) is 22.6 Å². The van der Waals surface area contributed by atoms with Crippen molar-refractivity contribution in [1.82, 2.24) is 0 Å². The van der Waals surface area contributed by atoms with Crippen LogP contribution in [0.4, 0.5) is 0 Å². The minimum absolute atomic E-state index is 0.394. The van der Waals surface area contributed by atoms with Crippen LogP contribution in [0.3, 0.4) is 0 Å². The first kappa shape index (κ1) is 14.1. The second-order valence-electron chi connectivity index (χ2n) is 2.69. The van der Waals surface area contributed by atoms with Gasteiger partial charge < -0.3 is 10.2 Å². The predicted molar refractivity (Wildman–Crippen MR) is 75.3 cm³/mol. The van der Waals surface area contributed by atoms with Crippen molar-refractivity contribution in [3.05, 3.63) is 42.3 Å². The number of rotatable bonds is 2. The number of hydrogen-bond donors (Lipinski definition) is 2. The van der Waals surface area contributed by atoms with Crippen molar-refractivity contribution in [2.24, 2.45) is 0 Å². The topological polar surface area (TPSA) is 74.6 Å². The Balaban J connectivity index is 0.000000171. The highest BCUT2D eigenvalue weighted by molar-refractivity contribution is 14.1. The molecule has 7 heteroatoms. The molecular weight excluding hydrogens is 375 g/mol. The number of aromatic carboxylic acids is 2.